The van der Waals surface area contributed by atoms with Crippen molar-refractivity contribution in [1.29, 1.82) is 0 Å². The molecule has 0 aromatic carbocycles. The molecule has 4 nitrogen and oxygen atoms in total. The summed E-state index contributed by atoms with van der Waals surface area (Å²) >= 11 is 0. The smallest absolute Gasteiger partial charge is 0.229 e. The summed E-state index contributed by atoms with van der Waals surface area (Å²) in [6, 6.07) is 0. The molecule has 0 spiro atoms. The SMILES string of the molecule is CC(=O)c1ncc(C)n1C(C)=O. The summed E-state index contributed by atoms with van der Waals surface area (Å²) in [7, 11) is 0. The molecule has 0 aliphatic heterocycles. The molecule has 0 atom stereocenters. The predicted molar refractivity (Wildman–Crippen MR) is 43.3 cm³/mol. The summed E-state index contributed by atoms with van der Waals surface area (Å²) in [5.41, 5.74) is 0.688. The molecule has 1 rings (SSSR count). The Morgan fingerprint density at radius 3 is 2.33 bits per heavy atom. The van der Waals surface area contributed by atoms with E-state index in [9.17, 15) is 9.59 Å². The van der Waals surface area contributed by atoms with Gasteiger partial charge in [-0.05, 0) is 6.92 Å². The van der Waals surface area contributed by atoms with Crippen LogP contribution in [0.5, 0.6) is 0 Å². The van der Waals surface area contributed by atoms with E-state index < -0.39 is 0 Å². The third-order valence-corrected chi connectivity index (χ3v) is 1.57. The van der Waals surface area contributed by atoms with Gasteiger partial charge in [-0.2, -0.15) is 0 Å². The summed E-state index contributed by atoms with van der Waals surface area (Å²) < 4.78 is 1.31. The van der Waals surface area contributed by atoms with Crippen molar-refractivity contribution < 1.29 is 9.59 Å². The topological polar surface area (TPSA) is 52.0 Å². The first-order valence-electron chi connectivity index (χ1n) is 3.60. The van der Waals surface area contributed by atoms with Gasteiger partial charge < -0.3 is 0 Å². The number of aromatic nitrogens is 2. The molecule has 4 heteroatoms. The number of hydrogen-bond acceptors (Lipinski definition) is 3. The Morgan fingerprint density at radius 2 is 2.00 bits per heavy atom. The fourth-order valence-corrected chi connectivity index (χ4v) is 1.08. The molecule has 0 amide bonds. The second-order valence-corrected chi connectivity index (χ2v) is 2.63. The van der Waals surface area contributed by atoms with Crippen molar-refractivity contribution in [3.8, 4) is 0 Å². The van der Waals surface area contributed by atoms with Gasteiger partial charge in [0.15, 0.2) is 11.6 Å². The Hall–Kier alpha value is -1.45. The summed E-state index contributed by atoms with van der Waals surface area (Å²) in [5.74, 6) is -0.173. The van der Waals surface area contributed by atoms with Crippen molar-refractivity contribution in [1.82, 2.24) is 9.55 Å². The summed E-state index contributed by atoms with van der Waals surface area (Å²) in [5, 5.41) is 0. The van der Waals surface area contributed by atoms with E-state index in [1.54, 1.807) is 6.92 Å². The molecule has 0 aliphatic rings. The minimum Gasteiger partial charge on any atom is -0.291 e. The average molecular weight is 166 g/mol. The molecule has 0 unspecified atom stereocenters. The molecule has 0 saturated carbocycles. The second-order valence-electron chi connectivity index (χ2n) is 2.63. The highest BCUT2D eigenvalue weighted by Gasteiger charge is 2.13. The Morgan fingerprint density at radius 1 is 1.42 bits per heavy atom. The van der Waals surface area contributed by atoms with Crippen molar-refractivity contribution in [2.24, 2.45) is 0 Å². The predicted octanol–water partition coefficient (Wildman–Crippen LogP) is 1.05. The zero-order valence-corrected chi connectivity index (χ0v) is 7.29. The van der Waals surface area contributed by atoms with Gasteiger partial charge in [0.1, 0.15) is 0 Å². The zero-order valence-electron chi connectivity index (χ0n) is 7.29. The van der Waals surface area contributed by atoms with Crippen molar-refractivity contribution >= 4 is 11.7 Å². The molecule has 0 bridgehead atoms. The Kier molecular flexibility index (Phi) is 2.08. The van der Waals surface area contributed by atoms with Crippen LogP contribution in [0.25, 0.3) is 0 Å². The quantitative estimate of drug-likeness (QED) is 0.586. The van der Waals surface area contributed by atoms with Crippen LogP contribution >= 0.6 is 0 Å². The van der Waals surface area contributed by atoms with Gasteiger partial charge in [0.05, 0.1) is 0 Å². The molecule has 0 radical (unpaired) electrons. The van der Waals surface area contributed by atoms with Gasteiger partial charge >= 0.3 is 0 Å². The molecule has 1 aromatic rings. The molecular weight excluding hydrogens is 156 g/mol. The van der Waals surface area contributed by atoms with Gasteiger partial charge in [0.2, 0.25) is 5.91 Å². The van der Waals surface area contributed by atoms with E-state index in [0.717, 1.165) is 0 Å². The molecule has 0 fully saturated rings. The van der Waals surface area contributed by atoms with E-state index in [1.165, 1.54) is 24.6 Å². The maximum absolute atomic E-state index is 11.0. The molecule has 12 heavy (non-hydrogen) atoms. The molecule has 0 N–H and O–H groups in total. The number of carbonyl (C=O) groups is 2. The highest BCUT2D eigenvalue weighted by Crippen LogP contribution is 2.04. The van der Waals surface area contributed by atoms with E-state index in [0.29, 0.717) is 5.69 Å². The molecule has 64 valence electrons. The Balaban J connectivity index is 3.31. The van der Waals surface area contributed by atoms with E-state index in [-0.39, 0.29) is 17.5 Å². The third-order valence-electron chi connectivity index (χ3n) is 1.57. The molecule has 0 saturated heterocycles. The van der Waals surface area contributed by atoms with Gasteiger partial charge in [0.25, 0.3) is 0 Å². The van der Waals surface area contributed by atoms with Gasteiger partial charge in [-0.25, -0.2) is 4.98 Å². The van der Waals surface area contributed by atoms with Crippen molar-refractivity contribution in [3.63, 3.8) is 0 Å². The molecule has 1 heterocycles. The van der Waals surface area contributed by atoms with Crippen LogP contribution in [0.4, 0.5) is 0 Å². The standard InChI is InChI=1S/C8H10N2O2/c1-5-4-9-8(6(2)11)10(5)7(3)12/h4H,1-3H3. The highest BCUT2D eigenvalue weighted by atomic mass is 16.2. The number of nitrogens with zero attached hydrogens (tertiary/aromatic N) is 2. The second kappa shape index (κ2) is 2.89. The lowest BCUT2D eigenvalue weighted by Gasteiger charge is -2.01. The molecule has 0 aliphatic carbocycles. The minimum atomic E-state index is -0.196. The van der Waals surface area contributed by atoms with Gasteiger partial charge in [-0.3, -0.25) is 14.2 Å². The van der Waals surface area contributed by atoms with Crippen LogP contribution in [0.15, 0.2) is 6.20 Å². The van der Waals surface area contributed by atoms with Gasteiger partial charge in [-0.1, -0.05) is 0 Å². The maximum atomic E-state index is 11.0. The number of imidazole rings is 1. The average Bonchev–Trinajstić information content (AvgIpc) is 2.30. The lowest BCUT2D eigenvalue weighted by molar-refractivity contribution is 0.0904. The first-order chi connectivity index (χ1) is 5.54. The summed E-state index contributed by atoms with van der Waals surface area (Å²) in [4.78, 5) is 25.8. The maximum Gasteiger partial charge on any atom is 0.229 e. The van der Waals surface area contributed by atoms with Gasteiger partial charge in [-0.15, -0.1) is 0 Å². The first kappa shape index (κ1) is 8.64. The van der Waals surface area contributed by atoms with E-state index >= 15 is 0 Å². The number of Topliss-reactive ketones (excluding diaryl/α,β-unsaturated/α-hetero) is 1. The van der Waals surface area contributed by atoms with Gasteiger partial charge in [0, 0.05) is 25.7 Å². The van der Waals surface area contributed by atoms with Crippen molar-refractivity contribution in [2.45, 2.75) is 20.8 Å². The molecular formula is C8H10N2O2. The third kappa shape index (κ3) is 1.28. The highest BCUT2D eigenvalue weighted by molar-refractivity contribution is 5.95. The fourth-order valence-electron chi connectivity index (χ4n) is 1.08. The van der Waals surface area contributed by atoms with E-state index in [4.69, 9.17) is 0 Å². The van der Waals surface area contributed by atoms with E-state index in [1.807, 2.05) is 0 Å². The zero-order chi connectivity index (χ0) is 9.30. The number of aryl methyl sites for hydroxylation is 1. The number of rotatable bonds is 1. The normalized spacial score (nSPS) is 9.92. The summed E-state index contributed by atoms with van der Waals surface area (Å²) in [6.45, 7) is 4.53. The van der Waals surface area contributed by atoms with Crippen molar-refractivity contribution in [3.05, 3.63) is 17.7 Å². The van der Waals surface area contributed by atoms with Crippen LogP contribution in [-0.4, -0.2) is 21.2 Å². The van der Waals surface area contributed by atoms with E-state index in [2.05, 4.69) is 4.98 Å². The Labute approximate surface area is 70.2 Å². The van der Waals surface area contributed by atoms with Crippen LogP contribution in [0, 0.1) is 6.92 Å². The Bertz CT molecular complexity index is 339. The first-order valence-corrected chi connectivity index (χ1v) is 3.60. The number of hydrogen-bond donors (Lipinski definition) is 0. The van der Waals surface area contributed by atoms with Crippen molar-refractivity contribution in [2.75, 3.05) is 0 Å². The monoisotopic (exact) mass is 166 g/mol. The number of ketones is 1. The van der Waals surface area contributed by atoms with Crippen LogP contribution < -0.4 is 0 Å². The van der Waals surface area contributed by atoms with Crippen LogP contribution in [0.1, 0.15) is 35.0 Å². The number of carbonyl (C=O) groups excluding carboxylic acids is 2. The lowest BCUT2D eigenvalue weighted by atomic mass is 10.4. The molecule has 1 aromatic heterocycles. The minimum absolute atomic E-state index is 0.185. The summed E-state index contributed by atoms with van der Waals surface area (Å²) in [6.07, 6.45) is 1.51. The van der Waals surface area contributed by atoms with Crippen LogP contribution in [-0.2, 0) is 0 Å². The van der Waals surface area contributed by atoms with Crippen LogP contribution in [0.3, 0.4) is 0 Å². The fraction of sp³-hybridized carbons (Fsp3) is 0.375. The lowest BCUT2D eigenvalue weighted by Crippen LogP contribution is -2.14. The van der Waals surface area contributed by atoms with Crippen LogP contribution in [0.2, 0.25) is 0 Å². The largest absolute Gasteiger partial charge is 0.291 e.